The Morgan fingerprint density at radius 2 is 2.00 bits per heavy atom. The molecule has 27 heavy (non-hydrogen) atoms. The minimum atomic E-state index is -0.859. The van der Waals surface area contributed by atoms with Gasteiger partial charge in [0.05, 0.1) is 24.4 Å². The third-order valence-corrected chi connectivity index (χ3v) is 4.22. The number of hydrogen-bond acceptors (Lipinski definition) is 5. The lowest BCUT2D eigenvalue weighted by atomic mass is 10.1. The molecule has 1 aromatic carbocycles. The number of nitrogens with zero attached hydrogens (tertiary/aromatic N) is 1. The standard InChI is InChI=1S/C18H24BrN3O5/c1-18(2,3)27-17(25)22-7-8-26-14(10-22)16(24)21-13-9-11(19)5-6-12(13)15(23)20-4/h5-6,9,14H,7-8,10H2,1-4H3,(H,20,23)(H,21,24). The monoisotopic (exact) mass is 441 g/mol. The molecule has 2 rings (SSSR count). The van der Waals surface area contributed by atoms with E-state index in [-0.39, 0.29) is 19.1 Å². The summed E-state index contributed by atoms with van der Waals surface area (Å²) in [6.45, 7) is 5.98. The van der Waals surface area contributed by atoms with Gasteiger partial charge in [0, 0.05) is 18.1 Å². The second-order valence-electron chi connectivity index (χ2n) is 7.04. The molecule has 1 aromatic rings. The number of anilines is 1. The van der Waals surface area contributed by atoms with E-state index in [9.17, 15) is 14.4 Å². The number of halogens is 1. The predicted molar refractivity (Wildman–Crippen MR) is 104 cm³/mol. The van der Waals surface area contributed by atoms with Crippen molar-refractivity contribution in [2.24, 2.45) is 0 Å². The highest BCUT2D eigenvalue weighted by atomic mass is 79.9. The van der Waals surface area contributed by atoms with Crippen LogP contribution in [0.5, 0.6) is 0 Å². The molecule has 148 valence electrons. The molecule has 1 saturated heterocycles. The van der Waals surface area contributed by atoms with E-state index in [1.54, 1.807) is 39.0 Å². The van der Waals surface area contributed by atoms with E-state index >= 15 is 0 Å². The Labute approximate surface area is 166 Å². The number of ether oxygens (including phenoxy) is 2. The maximum Gasteiger partial charge on any atom is 0.410 e. The first-order valence-corrected chi connectivity index (χ1v) is 9.32. The number of rotatable bonds is 3. The Bertz CT molecular complexity index is 732. The zero-order valence-electron chi connectivity index (χ0n) is 15.8. The smallest absolute Gasteiger partial charge is 0.410 e. The average molecular weight is 442 g/mol. The molecule has 2 N–H and O–H groups in total. The molecule has 8 nitrogen and oxygen atoms in total. The van der Waals surface area contributed by atoms with Gasteiger partial charge in [0.25, 0.3) is 11.8 Å². The zero-order valence-corrected chi connectivity index (χ0v) is 17.4. The second-order valence-corrected chi connectivity index (χ2v) is 7.96. The molecule has 9 heteroatoms. The van der Waals surface area contributed by atoms with E-state index in [0.29, 0.717) is 22.3 Å². The first-order chi connectivity index (χ1) is 12.6. The quantitative estimate of drug-likeness (QED) is 0.750. The van der Waals surface area contributed by atoms with E-state index in [1.165, 1.54) is 11.9 Å². The topological polar surface area (TPSA) is 97.0 Å². The van der Waals surface area contributed by atoms with Crippen molar-refractivity contribution < 1.29 is 23.9 Å². The number of hydrogen-bond donors (Lipinski definition) is 2. The second kappa shape index (κ2) is 8.71. The van der Waals surface area contributed by atoms with Gasteiger partial charge in [-0.15, -0.1) is 0 Å². The summed E-state index contributed by atoms with van der Waals surface area (Å²) in [7, 11) is 1.51. The van der Waals surface area contributed by atoms with Gasteiger partial charge in [0.2, 0.25) is 0 Å². The molecule has 0 aromatic heterocycles. The minimum Gasteiger partial charge on any atom is -0.444 e. The molecular formula is C18H24BrN3O5. The number of carbonyl (C=O) groups is 3. The lowest BCUT2D eigenvalue weighted by Gasteiger charge is -2.33. The van der Waals surface area contributed by atoms with Crippen molar-refractivity contribution in [3.63, 3.8) is 0 Å². The van der Waals surface area contributed by atoms with Gasteiger partial charge in [-0.3, -0.25) is 9.59 Å². The summed E-state index contributed by atoms with van der Waals surface area (Å²) >= 11 is 3.33. The summed E-state index contributed by atoms with van der Waals surface area (Å²) in [4.78, 5) is 38.3. The van der Waals surface area contributed by atoms with Gasteiger partial charge in [-0.1, -0.05) is 15.9 Å². The van der Waals surface area contributed by atoms with Crippen LogP contribution in [0.15, 0.2) is 22.7 Å². The van der Waals surface area contributed by atoms with Crippen LogP contribution in [-0.2, 0) is 14.3 Å². The van der Waals surface area contributed by atoms with Crippen molar-refractivity contribution in [3.8, 4) is 0 Å². The van der Waals surface area contributed by atoms with Crippen LogP contribution in [0.1, 0.15) is 31.1 Å². The molecule has 1 unspecified atom stereocenters. The van der Waals surface area contributed by atoms with Crippen LogP contribution in [-0.4, -0.2) is 61.3 Å². The summed E-state index contributed by atoms with van der Waals surface area (Å²) in [6, 6.07) is 4.95. The molecule has 0 saturated carbocycles. The van der Waals surface area contributed by atoms with Gasteiger partial charge in [0.15, 0.2) is 6.10 Å². The van der Waals surface area contributed by atoms with Gasteiger partial charge in [-0.25, -0.2) is 4.79 Å². The average Bonchev–Trinajstić information content (AvgIpc) is 2.60. The largest absolute Gasteiger partial charge is 0.444 e. The molecule has 1 aliphatic heterocycles. The van der Waals surface area contributed by atoms with Crippen LogP contribution < -0.4 is 10.6 Å². The fourth-order valence-electron chi connectivity index (χ4n) is 2.47. The summed E-state index contributed by atoms with van der Waals surface area (Å²) < 4.78 is 11.6. The van der Waals surface area contributed by atoms with Crippen molar-refractivity contribution in [3.05, 3.63) is 28.2 Å². The van der Waals surface area contributed by atoms with Crippen molar-refractivity contribution in [1.82, 2.24) is 10.2 Å². The first-order valence-electron chi connectivity index (χ1n) is 8.52. The Kier molecular flexibility index (Phi) is 6.83. The molecule has 0 aliphatic carbocycles. The third-order valence-electron chi connectivity index (χ3n) is 3.72. The van der Waals surface area contributed by atoms with Crippen LogP contribution in [0, 0.1) is 0 Å². The minimum absolute atomic E-state index is 0.0735. The molecule has 1 fully saturated rings. The number of amides is 3. The Morgan fingerprint density at radius 1 is 1.30 bits per heavy atom. The van der Waals surface area contributed by atoms with Crippen LogP contribution in [0.25, 0.3) is 0 Å². The maximum atomic E-state index is 12.6. The number of nitrogens with one attached hydrogen (secondary N) is 2. The molecule has 1 atom stereocenters. The van der Waals surface area contributed by atoms with E-state index in [2.05, 4.69) is 26.6 Å². The number of benzene rings is 1. The van der Waals surface area contributed by atoms with Crippen LogP contribution in [0.2, 0.25) is 0 Å². The van der Waals surface area contributed by atoms with E-state index in [4.69, 9.17) is 9.47 Å². The van der Waals surface area contributed by atoms with Crippen LogP contribution in [0.3, 0.4) is 0 Å². The fraction of sp³-hybridized carbons (Fsp3) is 0.500. The summed E-state index contributed by atoms with van der Waals surface area (Å²) in [5.41, 5.74) is 0.0619. The third kappa shape index (κ3) is 5.93. The molecule has 3 amide bonds. The highest BCUT2D eigenvalue weighted by Crippen LogP contribution is 2.22. The normalized spacial score (nSPS) is 17.2. The fourth-order valence-corrected chi connectivity index (χ4v) is 2.83. The van der Waals surface area contributed by atoms with E-state index < -0.39 is 23.7 Å². The number of carbonyl (C=O) groups excluding carboxylic acids is 3. The highest BCUT2D eigenvalue weighted by molar-refractivity contribution is 9.10. The van der Waals surface area contributed by atoms with Gasteiger partial charge in [-0.2, -0.15) is 0 Å². The molecule has 0 radical (unpaired) electrons. The van der Waals surface area contributed by atoms with Crippen molar-refractivity contribution in [1.29, 1.82) is 0 Å². The van der Waals surface area contributed by atoms with Crippen LogP contribution >= 0.6 is 15.9 Å². The summed E-state index contributed by atoms with van der Waals surface area (Å²) in [6.07, 6.45) is -1.35. The van der Waals surface area contributed by atoms with Gasteiger partial charge in [0.1, 0.15) is 5.60 Å². The first kappa shape index (κ1) is 21.2. The van der Waals surface area contributed by atoms with Crippen molar-refractivity contribution in [2.45, 2.75) is 32.5 Å². The molecule has 1 heterocycles. The van der Waals surface area contributed by atoms with E-state index in [1.807, 2.05) is 0 Å². The Balaban J connectivity index is 2.09. The van der Waals surface area contributed by atoms with Crippen molar-refractivity contribution in [2.75, 3.05) is 32.1 Å². The Morgan fingerprint density at radius 3 is 2.63 bits per heavy atom. The SMILES string of the molecule is CNC(=O)c1ccc(Br)cc1NC(=O)C1CN(C(=O)OC(C)(C)C)CCO1. The molecule has 1 aliphatic rings. The van der Waals surface area contributed by atoms with Gasteiger partial charge >= 0.3 is 6.09 Å². The molecular weight excluding hydrogens is 418 g/mol. The number of morpholine rings is 1. The Hall–Kier alpha value is -2.13. The molecule has 0 bridgehead atoms. The van der Waals surface area contributed by atoms with Gasteiger partial charge < -0.3 is 25.0 Å². The predicted octanol–water partition coefficient (Wildman–Crippen LogP) is 2.38. The lowest BCUT2D eigenvalue weighted by Crippen LogP contribution is -2.51. The zero-order chi connectivity index (χ0) is 20.2. The van der Waals surface area contributed by atoms with Crippen molar-refractivity contribution >= 4 is 39.5 Å². The maximum absolute atomic E-state index is 12.6. The molecule has 0 spiro atoms. The van der Waals surface area contributed by atoms with Crippen LogP contribution in [0.4, 0.5) is 10.5 Å². The summed E-state index contributed by atoms with van der Waals surface area (Å²) in [5, 5.41) is 5.24. The summed E-state index contributed by atoms with van der Waals surface area (Å²) in [5.74, 6) is -0.760. The van der Waals surface area contributed by atoms with Gasteiger partial charge in [-0.05, 0) is 39.0 Å². The van der Waals surface area contributed by atoms with E-state index in [0.717, 1.165) is 0 Å². The lowest BCUT2D eigenvalue weighted by molar-refractivity contribution is -0.132. The highest BCUT2D eigenvalue weighted by Gasteiger charge is 2.32.